The molecule has 0 aromatic carbocycles. The van der Waals surface area contributed by atoms with Crippen molar-refractivity contribution in [1.82, 2.24) is 30.4 Å². The van der Waals surface area contributed by atoms with Crippen molar-refractivity contribution in [3.8, 4) is 11.3 Å². The monoisotopic (exact) mass is 521 g/mol. The van der Waals surface area contributed by atoms with E-state index in [0.29, 0.717) is 23.0 Å². The van der Waals surface area contributed by atoms with Crippen molar-refractivity contribution in [2.24, 2.45) is 5.92 Å². The van der Waals surface area contributed by atoms with Crippen molar-refractivity contribution in [2.45, 2.75) is 33.2 Å². The maximum absolute atomic E-state index is 8.24. The van der Waals surface area contributed by atoms with Crippen LogP contribution in [0.5, 0.6) is 0 Å². The summed E-state index contributed by atoms with van der Waals surface area (Å²) in [5.74, 6) is 0.593. The number of allylic oxidation sites excluding steroid dienone is 4. The molecule has 2 aliphatic rings. The molecule has 0 spiro atoms. The number of hydrogen-bond donors (Lipinski definition) is 3. The van der Waals surface area contributed by atoms with E-state index in [0.717, 1.165) is 53.9 Å². The van der Waals surface area contributed by atoms with E-state index in [-0.39, 0.29) is 0 Å². The third kappa shape index (κ3) is 4.73. The van der Waals surface area contributed by atoms with Gasteiger partial charge >= 0.3 is 0 Å². The summed E-state index contributed by atoms with van der Waals surface area (Å²) in [4.78, 5) is 14.5. The third-order valence-electron chi connectivity index (χ3n) is 7.46. The molecule has 7 nitrogen and oxygen atoms in total. The van der Waals surface area contributed by atoms with Crippen LogP contribution >= 0.6 is 11.3 Å². The summed E-state index contributed by atoms with van der Waals surface area (Å²) in [5.41, 5.74) is 8.73. The Hall–Kier alpha value is -3.88. The summed E-state index contributed by atoms with van der Waals surface area (Å²) in [5, 5.41) is 19.2. The highest BCUT2D eigenvalue weighted by atomic mass is 32.1. The molecule has 192 valence electrons. The number of H-pyrrole nitrogens is 1. The normalized spacial score (nSPS) is 23.5. The predicted molar refractivity (Wildman–Crippen MR) is 156 cm³/mol. The molecule has 1 saturated heterocycles. The standard InChI is InChI=1S/C30H31N7S/c1-18-4-9-28(38-18)24-6-5-21-10-11-37(16-21)17-22-12-23(15-32-14-22)25-7-8-26-30(34-25)29(36-35-26)20(3)33-27(13-31)19(24)2/h4,6-9,12-15,21,31,33H,3,5,10-11,16-17H2,1-2H3,(H,35,36)/b24-6+,27-19+,31-13?. The van der Waals surface area contributed by atoms with Crippen LogP contribution in [-0.2, 0) is 6.54 Å². The molecule has 2 aliphatic heterocycles. The lowest BCUT2D eigenvalue weighted by molar-refractivity contribution is 0.317. The van der Waals surface area contributed by atoms with Crippen LogP contribution in [0.2, 0.25) is 0 Å². The van der Waals surface area contributed by atoms with Gasteiger partial charge in [-0.15, -0.1) is 11.3 Å². The number of nitrogens with zero attached hydrogens (tertiary/aromatic N) is 4. The van der Waals surface area contributed by atoms with Crippen LogP contribution < -0.4 is 5.32 Å². The van der Waals surface area contributed by atoms with Gasteiger partial charge in [-0.2, -0.15) is 5.10 Å². The van der Waals surface area contributed by atoms with Gasteiger partial charge in [-0.3, -0.25) is 15.0 Å². The number of nitrogens with one attached hydrogen (secondary N) is 3. The second kappa shape index (κ2) is 10.1. The van der Waals surface area contributed by atoms with Gasteiger partial charge in [-0.1, -0.05) is 12.7 Å². The number of aromatic amines is 1. The van der Waals surface area contributed by atoms with E-state index in [9.17, 15) is 0 Å². The smallest absolute Gasteiger partial charge is 0.134 e. The fourth-order valence-electron chi connectivity index (χ4n) is 5.40. The minimum Gasteiger partial charge on any atom is -0.353 e. The first-order chi connectivity index (χ1) is 18.5. The minimum atomic E-state index is 0.593. The molecule has 38 heavy (non-hydrogen) atoms. The topological polar surface area (TPSA) is 93.6 Å². The highest BCUT2D eigenvalue weighted by Crippen LogP contribution is 2.33. The van der Waals surface area contributed by atoms with Gasteiger partial charge in [0.15, 0.2) is 0 Å². The van der Waals surface area contributed by atoms with Gasteiger partial charge in [0.2, 0.25) is 0 Å². The molecule has 6 bridgehead atoms. The van der Waals surface area contributed by atoms with Gasteiger partial charge in [0.05, 0.1) is 22.6 Å². The van der Waals surface area contributed by atoms with Crippen LogP contribution in [0, 0.1) is 18.3 Å². The summed E-state index contributed by atoms with van der Waals surface area (Å²) >= 11 is 1.79. The summed E-state index contributed by atoms with van der Waals surface area (Å²) in [7, 11) is 0. The average Bonchev–Trinajstić information content (AvgIpc) is 3.66. The number of aromatic nitrogens is 4. The van der Waals surface area contributed by atoms with Gasteiger partial charge in [0, 0.05) is 47.0 Å². The van der Waals surface area contributed by atoms with E-state index >= 15 is 0 Å². The van der Waals surface area contributed by atoms with Crippen LogP contribution in [0.1, 0.15) is 40.8 Å². The average molecular weight is 522 g/mol. The van der Waals surface area contributed by atoms with E-state index in [1.807, 2.05) is 24.5 Å². The Morgan fingerprint density at radius 2 is 2.08 bits per heavy atom. The fraction of sp³-hybridized carbons (Fsp3) is 0.267. The third-order valence-corrected chi connectivity index (χ3v) is 8.49. The molecular formula is C30H31N7S. The van der Waals surface area contributed by atoms with E-state index in [2.05, 4.69) is 70.1 Å². The van der Waals surface area contributed by atoms with Crippen molar-refractivity contribution < 1.29 is 0 Å². The van der Waals surface area contributed by atoms with Gasteiger partial charge in [-0.25, -0.2) is 4.98 Å². The lowest BCUT2D eigenvalue weighted by atomic mass is 9.97. The van der Waals surface area contributed by atoms with Crippen molar-refractivity contribution in [1.29, 1.82) is 5.41 Å². The maximum Gasteiger partial charge on any atom is 0.134 e. The second-order valence-electron chi connectivity index (χ2n) is 10.2. The van der Waals surface area contributed by atoms with E-state index < -0.39 is 0 Å². The molecule has 6 rings (SSSR count). The molecule has 3 N–H and O–H groups in total. The molecule has 2 atom stereocenters. The van der Waals surface area contributed by atoms with E-state index in [1.165, 1.54) is 33.5 Å². The molecule has 0 amide bonds. The summed E-state index contributed by atoms with van der Waals surface area (Å²) < 4.78 is 0. The van der Waals surface area contributed by atoms with Gasteiger partial charge < -0.3 is 10.7 Å². The maximum atomic E-state index is 8.24. The summed E-state index contributed by atoms with van der Waals surface area (Å²) in [6, 6.07) is 10.5. The van der Waals surface area contributed by atoms with Crippen molar-refractivity contribution in [2.75, 3.05) is 13.1 Å². The highest BCUT2D eigenvalue weighted by Gasteiger charge is 2.23. The van der Waals surface area contributed by atoms with Crippen LogP contribution in [-0.4, -0.2) is 44.4 Å². The predicted octanol–water partition coefficient (Wildman–Crippen LogP) is 6.18. The quantitative estimate of drug-likeness (QED) is 0.274. The van der Waals surface area contributed by atoms with Gasteiger partial charge in [-0.05, 0) is 86.2 Å². The van der Waals surface area contributed by atoms with Gasteiger partial charge in [0.25, 0.3) is 0 Å². The zero-order chi connectivity index (χ0) is 26.2. The molecule has 2 unspecified atom stereocenters. The number of thiophene rings is 1. The summed E-state index contributed by atoms with van der Waals surface area (Å²) in [6.45, 7) is 11.5. The van der Waals surface area contributed by atoms with Crippen molar-refractivity contribution >= 4 is 39.9 Å². The van der Waals surface area contributed by atoms with Crippen LogP contribution in [0.15, 0.2) is 66.7 Å². The molecule has 1 fully saturated rings. The zero-order valence-electron chi connectivity index (χ0n) is 21.7. The molecule has 0 radical (unpaired) electrons. The molecule has 6 heterocycles. The lowest BCUT2D eigenvalue weighted by Gasteiger charge is -2.17. The molecule has 0 saturated carbocycles. The largest absolute Gasteiger partial charge is 0.353 e. The second-order valence-corrected chi connectivity index (χ2v) is 11.5. The van der Waals surface area contributed by atoms with E-state index in [1.54, 1.807) is 11.3 Å². The molecule has 4 aromatic rings. The SMILES string of the molecule is C=C1N/C(C=N)=C(C)/C(c2ccc(C)s2)=C\CC2CCN(Cc3cncc(c3)-c3ccc4[nH]nc1c4n3)C2. The van der Waals surface area contributed by atoms with Crippen LogP contribution in [0.4, 0.5) is 0 Å². The molecule has 4 aromatic heterocycles. The number of fused-ring (bicyclic) bond motifs is 6. The Morgan fingerprint density at radius 1 is 1.18 bits per heavy atom. The highest BCUT2D eigenvalue weighted by molar-refractivity contribution is 7.13. The Balaban J connectivity index is 1.48. The fourth-order valence-corrected chi connectivity index (χ4v) is 6.36. The Labute approximate surface area is 226 Å². The minimum absolute atomic E-state index is 0.593. The van der Waals surface area contributed by atoms with Crippen LogP contribution in [0.3, 0.4) is 0 Å². The molecule has 0 aliphatic carbocycles. The first kappa shape index (κ1) is 24.5. The molecular weight excluding hydrogens is 490 g/mol. The molecule has 8 heteroatoms. The Kier molecular flexibility index (Phi) is 6.51. The van der Waals surface area contributed by atoms with Crippen molar-refractivity contribution in [3.63, 3.8) is 0 Å². The first-order valence-corrected chi connectivity index (χ1v) is 13.8. The number of pyridine rings is 2. The lowest BCUT2D eigenvalue weighted by Crippen LogP contribution is -2.20. The van der Waals surface area contributed by atoms with E-state index in [4.69, 9.17) is 10.4 Å². The number of rotatable bonds is 2. The number of aryl methyl sites for hydroxylation is 1. The van der Waals surface area contributed by atoms with Crippen molar-refractivity contribution in [3.05, 3.63) is 87.7 Å². The number of hydrogen-bond acceptors (Lipinski definition) is 7. The summed E-state index contributed by atoms with van der Waals surface area (Å²) in [6.07, 6.45) is 9.75. The first-order valence-electron chi connectivity index (χ1n) is 12.9. The Morgan fingerprint density at radius 3 is 2.89 bits per heavy atom. The Bertz CT molecular complexity index is 1610. The zero-order valence-corrected chi connectivity index (χ0v) is 22.5. The van der Waals surface area contributed by atoms with Gasteiger partial charge in [0.1, 0.15) is 11.2 Å². The van der Waals surface area contributed by atoms with Crippen LogP contribution in [0.25, 0.3) is 33.6 Å².